The van der Waals surface area contributed by atoms with Gasteiger partial charge >= 0.3 is 0 Å². The Bertz CT molecular complexity index is 383. The zero-order valence-corrected chi connectivity index (χ0v) is 8.99. The zero-order valence-electron chi connectivity index (χ0n) is 8.99. The molecule has 0 radical (unpaired) electrons. The molecule has 3 heteroatoms. The molecule has 80 valence electrons. The Morgan fingerprint density at radius 1 is 1.53 bits per heavy atom. The summed E-state index contributed by atoms with van der Waals surface area (Å²) in [6, 6.07) is 5.83. The number of ether oxygens (including phenoxy) is 1. The van der Waals surface area contributed by atoms with Crippen molar-refractivity contribution in [1.29, 1.82) is 0 Å². The zero-order chi connectivity index (χ0) is 11.3. The van der Waals surface area contributed by atoms with Gasteiger partial charge < -0.3 is 10.5 Å². The van der Waals surface area contributed by atoms with Gasteiger partial charge in [0.1, 0.15) is 5.75 Å². The first-order valence-corrected chi connectivity index (χ1v) is 4.73. The van der Waals surface area contributed by atoms with Gasteiger partial charge in [0, 0.05) is 6.42 Å². The highest BCUT2D eigenvalue weighted by Crippen LogP contribution is 2.19. The fraction of sp³-hybridized carbons (Fsp3) is 0.250. The minimum atomic E-state index is -0.323. The maximum atomic E-state index is 10.5. The Morgan fingerprint density at radius 2 is 2.27 bits per heavy atom. The number of carbonyl (C=O) groups excluding carboxylic acids is 1. The van der Waals surface area contributed by atoms with Crippen LogP contribution in [0.25, 0.3) is 6.08 Å². The second-order valence-electron chi connectivity index (χ2n) is 3.30. The fourth-order valence-electron chi connectivity index (χ4n) is 1.32. The molecular formula is C12H15NO2. The first kappa shape index (κ1) is 11.3. The van der Waals surface area contributed by atoms with Gasteiger partial charge in [-0.15, -0.1) is 0 Å². The van der Waals surface area contributed by atoms with Crippen molar-refractivity contribution in [2.75, 3.05) is 7.11 Å². The van der Waals surface area contributed by atoms with E-state index in [1.165, 1.54) is 0 Å². The first-order chi connectivity index (χ1) is 7.13. The van der Waals surface area contributed by atoms with Gasteiger partial charge in [-0.2, -0.15) is 0 Å². The Morgan fingerprint density at radius 3 is 2.80 bits per heavy atom. The lowest BCUT2D eigenvalue weighted by atomic mass is 10.1. The second-order valence-corrected chi connectivity index (χ2v) is 3.30. The van der Waals surface area contributed by atoms with E-state index in [9.17, 15) is 4.79 Å². The molecule has 0 aliphatic heterocycles. The minimum absolute atomic E-state index is 0.269. The largest absolute Gasteiger partial charge is 0.496 e. The van der Waals surface area contributed by atoms with Gasteiger partial charge in [0.05, 0.1) is 7.11 Å². The van der Waals surface area contributed by atoms with Gasteiger partial charge in [-0.1, -0.05) is 18.2 Å². The van der Waals surface area contributed by atoms with Crippen LogP contribution in [0.1, 0.15) is 17.5 Å². The van der Waals surface area contributed by atoms with Crippen molar-refractivity contribution >= 4 is 12.0 Å². The number of methoxy groups -OCH3 is 1. The molecule has 0 aliphatic carbocycles. The number of benzene rings is 1. The number of primary amides is 1. The Labute approximate surface area is 89.5 Å². The molecule has 0 aromatic heterocycles. The van der Waals surface area contributed by atoms with Crippen molar-refractivity contribution in [2.45, 2.75) is 13.3 Å². The third kappa shape index (κ3) is 3.46. The van der Waals surface area contributed by atoms with Crippen LogP contribution in [0.15, 0.2) is 24.3 Å². The molecular weight excluding hydrogens is 190 g/mol. The van der Waals surface area contributed by atoms with Crippen LogP contribution >= 0.6 is 0 Å². The van der Waals surface area contributed by atoms with Crippen molar-refractivity contribution in [3.8, 4) is 5.75 Å². The maximum absolute atomic E-state index is 10.5. The topological polar surface area (TPSA) is 52.3 Å². The lowest BCUT2D eigenvalue weighted by Crippen LogP contribution is -2.07. The van der Waals surface area contributed by atoms with Crippen LogP contribution in [0.5, 0.6) is 5.75 Å². The first-order valence-electron chi connectivity index (χ1n) is 4.73. The summed E-state index contributed by atoms with van der Waals surface area (Å²) in [7, 11) is 1.64. The summed E-state index contributed by atoms with van der Waals surface area (Å²) in [6.45, 7) is 1.98. The molecule has 0 saturated carbocycles. The molecule has 1 aromatic carbocycles. The number of hydrogen-bond donors (Lipinski definition) is 1. The van der Waals surface area contributed by atoms with Crippen molar-refractivity contribution in [1.82, 2.24) is 0 Å². The highest BCUT2D eigenvalue weighted by Gasteiger charge is 1.97. The van der Waals surface area contributed by atoms with E-state index in [1.807, 2.05) is 31.2 Å². The van der Waals surface area contributed by atoms with E-state index in [1.54, 1.807) is 13.2 Å². The van der Waals surface area contributed by atoms with E-state index < -0.39 is 0 Å². The monoisotopic (exact) mass is 205 g/mol. The molecule has 0 spiro atoms. The van der Waals surface area contributed by atoms with Crippen LogP contribution in [0, 0.1) is 6.92 Å². The molecule has 0 aliphatic rings. The molecule has 1 rings (SSSR count). The molecule has 1 aromatic rings. The predicted molar refractivity (Wildman–Crippen MR) is 60.6 cm³/mol. The molecule has 0 atom stereocenters. The summed E-state index contributed by atoms with van der Waals surface area (Å²) in [5, 5.41) is 0. The molecule has 0 fully saturated rings. The molecule has 0 saturated heterocycles. The highest BCUT2D eigenvalue weighted by molar-refractivity contribution is 5.76. The van der Waals surface area contributed by atoms with Crippen molar-refractivity contribution in [3.63, 3.8) is 0 Å². The smallest absolute Gasteiger partial charge is 0.221 e. The summed E-state index contributed by atoms with van der Waals surface area (Å²) in [6.07, 6.45) is 3.89. The third-order valence-electron chi connectivity index (χ3n) is 2.05. The van der Waals surface area contributed by atoms with E-state index >= 15 is 0 Å². The Hall–Kier alpha value is -1.77. The summed E-state index contributed by atoms with van der Waals surface area (Å²) in [5.74, 6) is 0.540. The number of nitrogens with two attached hydrogens (primary N) is 1. The predicted octanol–water partition coefficient (Wildman–Crippen LogP) is 1.89. The molecule has 0 unspecified atom stereocenters. The number of rotatable bonds is 4. The quantitative estimate of drug-likeness (QED) is 0.816. The van der Waals surface area contributed by atoms with Crippen molar-refractivity contribution in [2.24, 2.45) is 5.73 Å². The average Bonchev–Trinajstić information content (AvgIpc) is 2.17. The molecule has 0 bridgehead atoms. The van der Waals surface area contributed by atoms with Gasteiger partial charge in [-0.25, -0.2) is 0 Å². The van der Waals surface area contributed by atoms with E-state index in [2.05, 4.69) is 0 Å². The summed E-state index contributed by atoms with van der Waals surface area (Å²) in [5.41, 5.74) is 7.13. The molecule has 15 heavy (non-hydrogen) atoms. The van der Waals surface area contributed by atoms with E-state index in [0.717, 1.165) is 16.9 Å². The molecule has 2 N–H and O–H groups in total. The van der Waals surface area contributed by atoms with Crippen molar-refractivity contribution in [3.05, 3.63) is 35.4 Å². The summed E-state index contributed by atoms with van der Waals surface area (Å²) in [4.78, 5) is 10.5. The lowest BCUT2D eigenvalue weighted by molar-refractivity contribution is -0.117. The molecule has 0 heterocycles. The third-order valence-corrected chi connectivity index (χ3v) is 2.05. The van der Waals surface area contributed by atoms with Crippen LogP contribution in [-0.4, -0.2) is 13.0 Å². The Kier molecular flexibility index (Phi) is 3.92. The van der Waals surface area contributed by atoms with E-state index in [0.29, 0.717) is 0 Å². The van der Waals surface area contributed by atoms with Crippen LogP contribution < -0.4 is 10.5 Å². The van der Waals surface area contributed by atoms with Gasteiger partial charge in [-0.05, 0) is 30.2 Å². The average molecular weight is 205 g/mol. The van der Waals surface area contributed by atoms with E-state index in [4.69, 9.17) is 10.5 Å². The number of hydrogen-bond acceptors (Lipinski definition) is 2. The van der Waals surface area contributed by atoms with Crippen molar-refractivity contribution < 1.29 is 9.53 Å². The number of carbonyl (C=O) groups is 1. The standard InChI is InChI=1S/C12H15NO2/c1-9-8-10(4-3-5-12(13)14)6-7-11(9)15-2/h3-4,6-8H,5H2,1-2H3,(H2,13,14). The minimum Gasteiger partial charge on any atom is -0.496 e. The van der Waals surface area contributed by atoms with Gasteiger partial charge in [-0.3, -0.25) is 4.79 Å². The SMILES string of the molecule is COc1ccc(C=CCC(N)=O)cc1C. The van der Waals surface area contributed by atoms with Gasteiger partial charge in [0.25, 0.3) is 0 Å². The fourth-order valence-corrected chi connectivity index (χ4v) is 1.32. The van der Waals surface area contributed by atoms with E-state index in [-0.39, 0.29) is 12.3 Å². The summed E-state index contributed by atoms with van der Waals surface area (Å²) >= 11 is 0. The van der Waals surface area contributed by atoms with Crippen LogP contribution in [0.3, 0.4) is 0 Å². The van der Waals surface area contributed by atoms with Gasteiger partial charge in [0.2, 0.25) is 5.91 Å². The van der Waals surface area contributed by atoms with Crippen LogP contribution in [-0.2, 0) is 4.79 Å². The maximum Gasteiger partial charge on any atom is 0.221 e. The lowest BCUT2D eigenvalue weighted by Gasteiger charge is -2.04. The Balaban J connectivity index is 2.75. The molecule has 1 amide bonds. The van der Waals surface area contributed by atoms with Crippen LogP contribution in [0.2, 0.25) is 0 Å². The van der Waals surface area contributed by atoms with Crippen LogP contribution in [0.4, 0.5) is 0 Å². The van der Waals surface area contributed by atoms with Gasteiger partial charge in [0.15, 0.2) is 0 Å². The molecule has 3 nitrogen and oxygen atoms in total. The second kappa shape index (κ2) is 5.20. The number of amides is 1. The highest BCUT2D eigenvalue weighted by atomic mass is 16.5. The number of aryl methyl sites for hydroxylation is 1. The summed E-state index contributed by atoms with van der Waals surface area (Å²) < 4.78 is 5.14. The normalized spacial score (nSPS) is 10.5.